The van der Waals surface area contributed by atoms with Crippen LogP contribution in [0.1, 0.15) is 37.4 Å². The van der Waals surface area contributed by atoms with Gasteiger partial charge in [0.2, 0.25) is 0 Å². The molecule has 2 atom stereocenters. The summed E-state index contributed by atoms with van der Waals surface area (Å²) < 4.78 is 5.77. The summed E-state index contributed by atoms with van der Waals surface area (Å²) in [5.74, 6) is 1.38. The van der Waals surface area contributed by atoms with Crippen LogP contribution in [0.4, 0.5) is 0 Å². The van der Waals surface area contributed by atoms with Crippen molar-refractivity contribution in [1.29, 1.82) is 0 Å². The summed E-state index contributed by atoms with van der Waals surface area (Å²) in [6, 6.07) is 18.4. The molecule has 0 heterocycles. The van der Waals surface area contributed by atoms with Crippen molar-refractivity contribution in [2.45, 2.75) is 32.9 Å². The van der Waals surface area contributed by atoms with Crippen LogP contribution in [0.3, 0.4) is 0 Å². The molecule has 0 saturated carbocycles. The molecule has 0 aliphatic carbocycles. The van der Waals surface area contributed by atoms with E-state index < -0.39 is 0 Å². The Hall–Kier alpha value is -1.80. The number of hydrogen-bond donors (Lipinski definition) is 1. The number of benzene rings is 2. The SMILES string of the molecule is CCC(C)[C@H](N)c1ccc(OCc2ccccc2)cc1. The van der Waals surface area contributed by atoms with Crippen LogP contribution in [-0.4, -0.2) is 0 Å². The van der Waals surface area contributed by atoms with Crippen molar-refractivity contribution < 1.29 is 4.74 Å². The van der Waals surface area contributed by atoms with Gasteiger partial charge in [0.1, 0.15) is 12.4 Å². The Morgan fingerprint density at radius 2 is 1.65 bits per heavy atom. The average Bonchev–Trinajstić information content (AvgIpc) is 2.53. The molecule has 0 aromatic heterocycles. The van der Waals surface area contributed by atoms with Crippen molar-refractivity contribution in [2.75, 3.05) is 0 Å². The third-order valence-electron chi connectivity index (χ3n) is 3.77. The van der Waals surface area contributed by atoms with Gasteiger partial charge in [-0.2, -0.15) is 0 Å². The molecule has 2 N–H and O–H groups in total. The molecular weight excluding hydrogens is 246 g/mol. The third-order valence-corrected chi connectivity index (χ3v) is 3.77. The van der Waals surface area contributed by atoms with Crippen LogP contribution in [0.2, 0.25) is 0 Å². The zero-order valence-electron chi connectivity index (χ0n) is 12.3. The summed E-state index contributed by atoms with van der Waals surface area (Å²) >= 11 is 0. The minimum absolute atomic E-state index is 0.100. The maximum absolute atomic E-state index is 6.22. The summed E-state index contributed by atoms with van der Waals surface area (Å²) in [5, 5.41) is 0. The first-order valence-electron chi connectivity index (χ1n) is 7.23. The fraction of sp³-hybridized carbons (Fsp3) is 0.333. The maximum Gasteiger partial charge on any atom is 0.119 e. The van der Waals surface area contributed by atoms with Crippen LogP contribution in [0.25, 0.3) is 0 Å². The second-order valence-electron chi connectivity index (χ2n) is 5.25. The van der Waals surface area contributed by atoms with E-state index in [-0.39, 0.29) is 6.04 Å². The predicted octanol–water partition coefficient (Wildman–Crippen LogP) is 4.31. The lowest BCUT2D eigenvalue weighted by Crippen LogP contribution is -2.18. The number of hydrogen-bond acceptors (Lipinski definition) is 2. The van der Waals surface area contributed by atoms with Crippen LogP contribution < -0.4 is 10.5 Å². The van der Waals surface area contributed by atoms with Crippen LogP contribution in [0.15, 0.2) is 54.6 Å². The quantitative estimate of drug-likeness (QED) is 0.848. The van der Waals surface area contributed by atoms with Gasteiger partial charge in [-0.25, -0.2) is 0 Å². The molecule has 2 aromatic carbocycles. The first-order valence-corrected chi connectivity index (χ1v) is 7.23. The Morgan fingerprint density at radius 3 is 2.25 bits per heavy atom. The summed E-state index contributed by atoms with van der Waals surface area (Å²) in [6.45, 7) is 4.95. The molecule has 2 nitrogen and oxygen atoms in total. The van der Waals surface area contributed by atoms with E-state index in [0.717, 1.165) is 12.2 Å². The van der Waals surface area contributed by atoms with Crippen LogP contribution in [0, 0.1) is 5.92 Å². The van der Waals surface area contributed by atoms with Crippen molar-refractivity contribution in [3.8, 4) is 5.75 Å². The molecule has 2 heteroatoms. The second kappa shape index (κ2) is 7.11. The monoisotopic (exact) mass is 269 g/mol. The number of ether oxygens (including phenoxy) is 1. The zero-order valence-corrected chi connectivity index (χ0v) is 12.3. The molecule has 2 rings (SSSR count). The lowest BCUT2D eigenvalue weighted by atomic mass is 9.93. The van der Waals surface area contributed by atoms with Gasteiger partial charge >= 0.3 is 0 Å². The maximum atomic E-state index is 6.22. The molecule has 2 aromatic rings. The van der Waals surface area contributed by atoms with Crippen molar-refractivity contribution >= 4 is 0 Å². The van der Waals surface area contributed by atoms with Gasteiger partial charge in [-0.1, -0.05) is 62.7 Å². The smallest absolute Gasteiger partial charge is 0.119 e. The molecule has 0 bridgehead atoms. The Bertz CT molecular complexity index is 507. The first-order chi connectivity index (χ1) is 9.70. The van der Waals surface area contributed by atoms with E-state index in [4.69, 9.17) is 10.5 Å². The highest BCUT2D eigenvalue weighted by atomic mass is 16.5. The molecule has 0 saturated heterocycles. The van der Waals surface area contributed by atoms with Gasteiger partial charge in [0.05, 0.1) is 0 Å². The topological polar surface area (TPSA) is 35.2 Å². The molecule has 0 aliphatic rings. The van der Waals surface area contributed by atoms with E-state index >= 15 is 0 Å². The van der Waals surface area contributed by atoms with Crippen LogP contribution in [-0.2, 0) is 6.61 Å². The molecule has 0 spiro atoms. The lowest BCUT2D eigenvalue weighted by Gasteiger charge is -2.19. The van der Waals surface area contributed by atoms with Crippen LogP contribution >= 0.6 is 0 Å². The average molecular weight is 269 g/mol. The van der Waals surface area contributed by atoms with Crippen molar-refractivity contribution in [3.05, 3.63) is 65.7 Å². The van der Waals surface area contributed by atoms with Gasteiger partial charge in [-0.3, -0.25) is 0 Å². The van der Waals surface area contributed by atoms with Crippen molar-refractivity contribution in [2.24, 2.45) is 11.7 Å². The molecule has 0 amide bonds. The van der Waals surface area contributed by atoms with Crippen LogP contribution in [0.5, 0.6) is 5.75 Å². The Labute approximate surface area is 121 Å². The van der Waals surface area contributed by atoms with E-state index in [9.17, 15) is 0 Å². The molecule has 20 heavy (non-hydrogen) atoms. The summed E-state index contributed by atoms with van der Waals surface area (Å²) in [6.07, 6.45) is 1.09. The Morgan fingerprint density at radius 1 is 1.00 bits per heavy atom. The van der Waals surface area contributed by atoms with Crippen molar-refractivity contribution in [3.63, 3.8) is 0 Å². The minimum atomic E-state index is 0.100. The van der Waals surface area contributed by atoms with Gasteiger partial charge in [-0.05, 0) is 29.2 Å². The van der Waals surface area contributed by atoms with Gasteiger partial charge < -0.3 is 10.5 Å². The zero-order chi connectivity index (χ0) is 14.4. The summed E-state index contributed by atoms with van der Waals surface area (Å²) in [7, 11) is 0. The highest BCUT2D eigenvalue weighted by Gasteiger charge is 2.12. The summed E-state index contributed by atoms with van der Waals surface area (Å²) in [5.41, 5.74) is 8.57. The third kappa shape index (κ3) is 3.84. The van der Waals surface area contributed by atoms with E-state index in [1.165, 1.54) is 11.1 Å². The largest absolute Gasteiger partial charge is 0.489 e. The molecule has 0 fully saturated rings. The lowest BCUT2D eigenvalue weighted by molar-refractivity contribution is 0.306. The van der Waals surface area contributed by atoms with Gasteiger partial charge in [0.25, 0.3) is 0 Å². The molecule has 0 aliphatic heterocycles. The Balaban J connectivity index is 1.95. The number of rotatable bonds is 6. The fourth-order valence-corrected chi connectivity index (χ4v) is 2.11. The van der Waals surface area contributed by atoms with Gasteiger partial charge in [-0.15, -0.1) is 0 Å². The highest BCUT2D eigenvalue weighted by molar-refractivity contribution is 5.29. The molecule has 106 valence electrons. The first kappa shape index (κ1) is 14.6. The highest BCUT2D eigenvalue weighted by Crippen LogP contribution is 2.24. The number of nitrogens with two attached hydrogens (primary N) is 1. The molecule has 0 radical (unpaired) electrons. The standard InChI is InChI=1S/C18H23NO/c1-3-14(2)18(19)16-9-11-17(12-10-16)20-13-15-7-5-4-6-8-15/h4-12,14,18H,3,13,19H2,1-2H3/t14?,18-/m0/s1. The Kier molecular flexibility index (Phi) is 5.19. The van der Waals surface area contributed by atoms with Crippen molar-refractivity contribution in [1.82, 2.24) is 0 Å². The van der Waals surface area contributed by atoms with Gasteiger partial charge in [0.15, 0.2) is 0 Å². The van der Waals surface area contributed by atoms with E-state index in [1.54, 1.807) is 0 Å². The van der Waals surface area contributed by atoms with E-state index in [0.29, 0.717) is 12.5 Å². The van der Waals surface area contributed by atoms with E-state index in [1.807, 2.05) is 30.3 Å². The van der Waals surface area contributed by atoms with Gasteiger partial charge in [0, 0.05) is 6.04 Å². The minimum Gasteiger partial charge on any atom is -0.489 e. The second-order valence-corrected chi connectivity index (χ2v) is 5.25. The predicted molar refractivity (Wildman–Crippen MR) is 83.6 cm³/mol. The summed E-state index contributed by atoms with van der Waals surface area (Å²) in [4.78, 5) is 0. The molecular formula is C18H23NO. The normalized spacial score (nSPS) is 13.8. The van der Waals surface area contributed by atoms with E-state index in [2.05, 4.69) is 38.1 Å². The fourth-order valence-electron chi connectivity index (χ4n) is 2.11. The molecule has 1 unspecified atom stereocenters.